The monoisotopic (exact) mass is 231 g/mol. The van der Waals surface area contributed by atoms with Gasteiger partial charge >= 0.3 is 0 Å². The lowest BCUT2D eigenvalue weighted by molar-refractivity contribution is -0.117. The van der Waals surface area contributed by atoms with Crippen LogP contribution in [0.1, 0.15) is 25.8 Å². The van der Waals surface area contributed by atoms with Gasteiger partial charge in [-0.15, -0.1) is 0 Å². The Kier molecular flexibility index (Phi) is 2.92. The first-order chi connectivity index (χ1) is 8.04. The largest absolute Gasteiger partial charge is 0.489 e. The van der Waals surface area contributed by atoms with Gasteiger partial charge in [0.15, 0.2) is 0 Å². The molecule has 0 aliphatic carbocycles. The highest BCUT2D eigenvalue weighted by Gasteiger charge is 2.34. The Morgan fingerprint density at radius 2 is 2.29 bits per heavy atom. The molecule has 0 atom stereocenters. The summed E-state index contributed by atoms with van der Waals surface area (Å²) in [6.45, 7) is 8.24. The minimum absolute atomic E-state index is 0.0587. The highest BCUT2D eigenvalue weighted by molar-refractivity contribution is 5.96. The summed E-state index contributed by atoms with van der Waals surface area (Å²) in [6.07, 6.45) is 2.20. The molecule has 1 aromatic carbocycles. The third kappa shape index (κ3) is 2.18. The summed E-state index contributed by atoms with van der Waals surface area (Å²) in [4.78, 5) is 11.6. The maximum absolute atomic E-state index is 11.6. The standard InChI is InChI=1S/C14H17NO2/c1-4-8-17-11-7-5-6-10-13(11)14(2,3)9-12(16)15-10/h4-7H,1,8-9H2,2-3H3,(H,15,16). The molecule has 3 heteroatoms. The van der Waals surface area contributed by atoms with E-state index in [1.165, 1.54) is 0 Å². The van der Waals surface area contributed by atoms with E-state index in [1.54, 1.807) is 6.08 Å². The summed E-state index contributed by atoms with van der Waals surface area (Å²) >= 11 is 0. The van der Waals surface area contributed by atoms with Gasteiger partial charge in [-0.1, -0.05) is 32.6 Å². The molecule has 0 fully saturated rings. The maximum Gasteiger partial charge on any atom is 0.225 e. The van der Waals surface area contributed by atoms with Gasteiger partial charge in [-0.3, -0.25) is 4.79 Å². The van der Waals surface area contributed by atoms with Crippen molar-refractivity contribution in [3.05, 3.63) is 36.4 Å². The van der Waals surface area contributed by atoms with Gasteiger partial charge in [-0.25, -0.2) is 0 Å². The average molecular weight is 231 g/mol. The number of amides is 1. The van der Waals surface area contributed by atoms with Crippen LogP contribution < -0.4 is 10.1 Å². The van der Waals surface area contributed by atoms with E-state index in [2.05, 4.69) is 25.7 Å². The molecule has 0 saturated heterocycles. The third-order valence-electron chi connectivity index (χ3n) is 2.94. The lowest BCUT2D eigenvalue weighted by Gasteiger charge is -2.33. The summed E-state index contributed by atoms with van der Waals surface area (Å²) in [5.41, 5.74) is 1.73. The van der Waals surface area contributed by atoms with Gasteiger partial charge in [0.25, 0.3) is 0 Å². The molecule has 0 saturated carbocycles. The molecule has 0 bridgehead atoms. The van der Waals surface area contributed by atoms with Crippen LogP contribution in [0.25, 0.3) is 0 Å². The van der Waals surface area contributed by atoms with Gasteiger partial charge in [-0.2, -0.15) is 0 Å². The molecular formula is C14H17NO2. The molecule has 0 unspecified atom stereocenters. The van der Waals surface area contributed by atoms with Gasteiger partial charge in [-0.05, 0) is 12.1 Å². The first kappa shape index (κ1) is 11.7. The average Bonchev–Trinajstić information content (AvgIpc) is 2.24. The summed E-state index contributed by atoms with van der Waals surface area (Å²) in [7, 11) is 0. The number of carbonyl (C=O) groups excluding carboxylic acids is 1. The van der Waals surface area contributed by atoms with E-state index >= 15 is 0 Å². The van der Waals surface area contributed by atoms with Crippen LogP contribution in [0.15, 0.2) is 30.9 Å². The van der Waals surface area contributed by atoms with E-state index < -0.39 is 0 Å². The number of benzene rings is 1. The molecule has 2 rings (SSSR count). The van der Waals surface area contributed by atoms with Gasteiger partial charge in [0, 0.05) is 23.1 Å². The van der Waals surface area contributed by atoms with Crippen molar-refractivity contribution in [1.82, 2.24) is 0 Å². The number of fused-ring (bicyclic) bond motifs is 1. The van der Waals surface area contributed by atoms with Crippen LogP contribution in [0.2, 0.25) is 0 Å². The number of anilines is 1. The second kappa shape index (κ2) is 4.24. The van der Waals surface area contributed by atoms with Gasteiger partial charge in [0.2, 0.25) is 5.91 Å². The SMILES string of the molecule is C=CCOc1cccc2c1C(C)(C)CC(=O)N2. The number of ether oxygens (including phenoxy) is 1. The van der Waals surface area contributed by atoms with Crippen molar-refractivity contribution in [2.75, 3.05) is 11.9 Å². The van der Waals surface area contributed by atoms with E-state index in [1.807, 2.05) is 18.2 Å². The van der Waals surface area contributed by atoms with Crippen LogP contribution in [0.3, 0.4) is 0 Å². The van der Waals surface area contributed by atoms with Crippen molar-refractivity contribution < 1.29 is 9.53 Å². The van der Waals surface area contributed by atoms with Gasteiger partial charge < -0.3 is 10.1 Å². The molecule has 1 amide bonds. The van der Waals surface area contributed by atoms with Crippen molar-refractivity contribution in [1.29, 1.82) is 0 Å². The Balaban J connectivity index is 2.47. The van der Waals surface area contributed by atoms with E-state index in [-0.39, 0.29) is 11.3 Å². The van der Waals surface area contributed by atoms with Crippen molar-refractivity contribution in [2.45, 2.75) is 25.7 Å². The topological polar surface area (TPSA) is 38.3 Å². The summed E-state index contributed by atoms with van der Waals surface area (Å²) in [6, 6.07) is 5.73. The van der Waals surface area contributed by atoms with Crippen LogP contribution in [0.4, 0.5) is 5.69 Å². The van der Waals surface area contributed by atoms with Gasteiger partial charge in [0.05, 0.1) is 0 Å². The first-order valence-corrected chi connectivity index (χ1v) is 5.71. The molecular weight excluding hydrogens is 214 g/mol. The molecule has 1 N–H and O–H groups in total. The Bertz CT molecular complexity index is 463. The lowest BCUT2D eigenvalue weighted by Crippen LogP contribution is -2.33. The molecule has 17 heavy (non-hydrogen) atoms. The number of rotatable bonds is 3. The second-order valence-electron chi connectivity index (χ2n) is 4.89. The first-order valence-electron chi connectivity index (χ1n) is 5.71. The zero-order valence-corrected chi connectivity index (χ0v) is 10.2. The normalized spacial score (nSPS) is 16.9. The number of hydrogen-bond donors (Lipinski definition) is 1. The quantitative estimate of drug-likeness (QED) is 0.812. The Labute approximate surface area is 101 Å². The fraction of sp³-hybridized carbons (Fsp3) is 0.357. The fourth-order valence-corrected chi connectivity index (χ4v) is 2.29. The predicted molar refractivity (Wildman–Crippen MR) is 68.4 cm³/mol. The number of hydrogen-bond acceptors (Lipinski definition) is 2. The van der Waals surface area contributed by atoms with Crippen LogP contribution in [0.5, 0.6) is 5.75 Å². The van der Waals surface area contributed by atoms with Crippen molar-refractivity contribution in [3.8, 4) is 5.75 Å². The fourth-order valence-electron chi connectivity index (χ4n) is 2.29. The van der Waals surface area contributed by atoms with Crippen molar-refractivity contribution in [3.63, 3.8) is 0 Å². The summed E-state index contributed by atoms with van der Waals surface area (Å²) < 4.78 is 5.66. The van der Waals surface area contributed by atoms with E-state index in [4.69, 9.17) is 4.74 Å². The molecule has 1 aliphatic rings. The third-order valence-corrected chi connectivity index (χ3v) is 2.94. The maximum atomic E-state index is 11.6. The number of carbonyl (C=O) groups is 1. The Morgan fingerprint density at radius 3 is 3.00 bits per heavy atom. The molecule has 0 radical (unpaired) electrons. The van der Waals surface area contributed by atoms with Crippen LogP contribution in [-0.2, 0) is 10.2 Å². The summed E-state index contributed by atoms with van der Waals surface area (Å²) in [5.74, 6) is 0.885. The molecule has 3 nitrogen and oxygen atoms in total. The highest BCUT2D eigenvalue weighted by Crippen LogP contribution is 2.42. The molecule has 90 valence electrons. The zero-order valence-electron chi connectivity index (χ0n) is 10.2. The number of nitrogens with one attached hydrogen (secondary N) is 1. The Morgan fingerprint density at radius 1 is 1.53 bits per heavy atom. The van der Waals surface area contributed by atoms with Crippen LogP contribution in [0, 0.1) is 0 Å². The second-order valence-corrected chi connectivity index (χ2v) is 4.89. The van der Waals surface area contributed by atoms with Gasteiger partial charge in [0.1, 0.15) is 12.4 Å². The highest BCUT2D eigenvalue weighted by atomic mass is 16.5. The van der Waals surface area contributed by atoms with E-state index in [0.717, 1.165) is 17.0 Å². The Hall–Kier alpha value is -1.77. The summed E-state index contributed by atoms with van der Waals surface area (Å²) in [5, 5.41) is 2.89. The predicted octanol–water partition coefficient (Wildman–Crippen LogP) is 2.87. The van der Waals surface area contributed by atoms with E-state index in [9.17, 15) is 4.79 Å². The van der Waals surface area contributed by atoms with Crippen LogP contribution in [-0.4, -0.2) is 12.5 Å². The van der Waals surface area contributed by atoms with E-state index in [0.29, 0.717) is 13.0 Å². The molecule has 0 aromatic heterocycles. The molecule has 0 spiro atoms. The smallest absolute Gasteiger partial charge is 0.225 e. The lowest BCUT2D eigenvalue weighted by atomic mass is 9.77. The van der Waals surface area contributed by atoms with Crippen molar-refractivity contribution in [2.24, 2.45) is 0 Å². The molecule has 1 aliphatic heterocycles. The molecule has 1 heterocycles. The minimum Gasteiger partial charge on any atom is -0.489 e. The molecule has 1 aromatic rings. The van der Waals surface area contributed by atoms with Crippen LogP contribution >= 0.6 is 0 Å². The zero-order chi connectivity index (χ0) is 12.5. The van der Waals surface area contributed by atoms with Crippen molar-refractivity contribution >= 4 is 11.6 Å². The minimum atomic E-state index is -0.199.